The van der Waals surface area contributed by atoms with Crippen LogP contribution in [-0.2, 0) is 16.1 Å². The third-order valence-corrected chi connectivity index (χ3v) is 4.55. The van der Waals surface area contributed by atoms with Crippen molar-refractivity contribution in [3.8, 4) is 11.1 Å². The summed E-state index contributed by atoms with van der Waals surface area (Å²) >= 11 is 0. The van der Waals surface area contributed by atoms with Gasteiger partial charge in [0.1, 0.15) is 0 Å². The van der Waals surface area contributed by atoms with Crippen molar-refractivity contribution in [2.75, 3.05) is 20.1 Å². The van der Waals surface area contributed by atoms with Gasteiger partial charge in [-0.25, -0.2) is 0 Å². The van der Waals surface area contributed by atoms with Gasteiger partial charge in [-0.3, -0.25) is 14.5 Å². The Morgan fingerprint density at radius 3 is 2.48 bits per heavy atom. The first kappa shape index (κ1) is 17.2. The molecule has 0 saturated carbocycles. The molecule has 130 valence electrons. The van der Waals surface area contributed by atoms with Crippen molar-refractivity contribution in [3.63, 3.8) is 0 Å². The summed E-state index contributed by atoms with van der Waals surface area (Å²) in [7, 11) is 1.59. The molecule has 3 rings (SSSR count). The Morgan fingerprint density at radius 2 is 1.80 bits per heavy atom. The number of nitrogens with zero attached hydrogens (tertiary/aromatic N) is 1. The Morgan fingerprint density at radius 1 is 1.12 bits per heavy atom. The highest BCUT2D eigenvalue weighted by molar-refractivity contribution is 5.88. The van der Waals surface area contributed by atoms with E-state index in [1.807, 2.05) is 18.2 Å². The molecule has 25 heavy (non-hydrogen) atoms. The molecule has 2 aromatic rings. The van der Waals surface area contributed by atoms with Gasteiger partial charge in [0, 0.05) is 26.7 Å². The first-order valence-corrected chi connectivity index (χ1v) is 8.54. The van der Waals surface area contributed by atoms with Crippen LogP contribution in [0.1, 0.15) is 12.0 Å². The zero-order chi connectivity index (χ0) is 17.6. The lowest BCUT2D eigenvalue weighted by atomic mass is 10.0. The number of nitrogens with one attached hydrogen (secondary N) is 2. The molecular formula is C20H23N3O2. The summed E-state index contributed by atoms with van der Waals surface area (Å²) in [6.45, 7) is 2.02. The largest absolute Gasteiger partial charge is 0.359 e. The highest BCUT2D eigenvalue weighted by atomic mass is 16.2. The molecule has 2 aromatic carbocycles. The minimum absolute atomic E-state index is 0.0734. The lowest BCUT2D eigenvalue weighted by Crippen LogP contribution is -2.55. The Bertz CT molecular complexity index is 728. The number of piperazine rings is 1. The Kier molecular flexibility index (Phi) is 5.46. The van der Waals surface area contributed by atoms with Crippen LogP contribution in [0.4, 0.5) is 0 Å². The number of hydrogen-bond donors (Lipinski definition) is 2. The lowest BCUT2D eigenvalue weighted by molar-refractivity contribution is -0.134. The molecule has 0 radical (unpaired) electrons. The van der Waals surface area contributed by atoms with Crippen LogP contribution in [0.5, 0.6) is 0 Å². The summed E-state index contributed by atoms with van der Waals surface area (Å²) in [6, 6.07) is 18.2. The van der Waals surface area contributed by atoms with E-state index in [-0.39, 0.29) is 18.2 Å². The zero-order valence-electron chi connectivity index (χ0n) is 14.4. The molecule has 1 atom stereocenters. The molecule has 1 aliphatic heterocycles. The van der Waals surface area contributed by atoms with E-state index < -0.39 is 6.04 Å². The average molecular weight is 337 g/mol. The summed E-state index contributed by atoms with van der Waals surface area (Å²) in [5.74, 6) is -0.192. The normalized spacial score (nSPS) is 17.8. The van der Waals surface area contributed by atoms with E-state index in [2.05, 4.69) is 51.9 Å². The van der Waals surface area contributed by atoms with Crippen molar-refractivity contribution in [3.05, 3.63) is 60.2 Å². The molecule has 0 aromatic heterocycles. The van der Waals surface area contributed by atoms with Gasteiger partial charge in [0.05, 0.1) is 12.5 Å². The van der Waals surface area contributed by atoms with Gasteiger partial charge in [-0.2, -0.15) is 0 Å². The van der Waals surface area contributed by atoms with Gasteiger partial charge in [-0.05, 0) is 16.7 Å². The first-order valence-electron chi connectivity index (χ1n) is 8.54. The van der Waals surface area contributed by atoms with Gasteiger partial charge in [0.2, 0.25) is 11.8 Å². The fourth-order valence-electron chi connectivity index (χ4n) is 3.12. The first-order chi connectivity index (χ1) is 12.2. The topological polar surface area (TPSA) is 61.4 Å². The van der Waals surface area contributed by atoms with Crippen molar-refractivity contribution in [1.29, 1.82) is 0 Å². The maximum atomic E-state index is 12.2. The van der Waals surface area contributed by atoms with Crippen LogP contribution in [0.25, 0.3) is 11.1 Å². The molecule has 0 bridgehead atoms. The van der Waals surface area contributed by atoms with Crippen LogP contribution < -0.4 is 10.6 Å². The monoisotopic (exact) mass is 337 g/mol. The molecule has 0 spiro atoms. The van der Waals surface area contributed by atoms with Crippen LogP contribution in [0.15, 0.2) is 54.6 Å². The van der Waals surface area contributed by atoms with Crippen molar-refractivity contribution in [2.24, 2.45) is 0 Å². The van der Waals surface area contributed by atoms with Crippen LogP contribution in [0.3, 0.4) is 0 Å². The Balaban J connectivity index is 1.71. The van der Waals surface area contributed by atoms with E-state index in [0.717, 1.165) is 12.1 Å². The van der Waals surface area contributed by atoms with Crippen LogP contribution >= 0.6 is 0 Å². The maximum absolute atomic E-state index is 12.2. The summed E-state index contributed by atoms with van der Waals surface area (Å²) in [6.07, 6.45) is 0.185. The van der Waals surface area contributed by atoms with Gasteiger partial charge in [-0.1, -0.05) is 54.6 Å². The highest BCUT2D eigenvalue weighted by Gasteiger charge is 2.31. The Hall–Kier alpha value is -2.66. The van der Waals surface area contributed by atoms with Gasteiger partial charge in [0.15, 0.2) is 0 Å². The second kappa shape index (κ2) is 7.94. The van der Waals surface area contributed by atoms with E-state index >= 15 is 0 Å². The van der Waals surface area contributed by atoms with Gasteiger partial charge < -0.3 is 10.6 Å². The number of carbonyl (C=O) groups is 2. The van der Waals surface area contributed by atoms with E-state index in [1.54, 1.807) is 7.05 Å². The fraction of sp³-hybridized carbons (Fsp3) is 0.300. The SMILES string of the molecule is CNC(=O)C[C@@H]1C(=O)NCCN1Cc1ccc(-c2ccccc2)cc1. The minimum Gasteiger partial charge on any atom is -0.359 e. The van der Waals surface area contributed by atoms with Crippen molar-refractivity contribution < 1.29 is 9.59 Å². The molecule has 2 N–H and O–H groups in total. The van der Waals surface area contributed by atoms with E-state index in [4.69, 9.17) is 0 Å². The van der Waals surface area contributed by atoms with Gasteiger partial charge in [0.25, 0.3) is 0 Å². The zero-order valence-corrected chi connectivity index (χ0v) is 14.4. The number of rotatable bonds is 5. The predicted octanol–water partition coefficient (Wildman–Crippen LogP) is 1.79. The van der Waals surface area contributed by atoms with Crippen molar-refractivity contribution >= 4 is 11.8 Å². The van der Waals surface area contributed by atoms with Gasteiger partial charge in [-0.15, -0.1) is 0 Å². The quantitative estimate of drug-likeness (QED) is 0.874. The van der Waals surface area contributed by atoms with E-state index in [9.17, 15) is 9.59 Å². The van der Waals surface area contributed by atoms with Crippen molar-refractivity contribution in [2.45, 2.75) is 19.0 Å². The van der Waals surface area contributed by atoms with Crippen LogP contribution in [-0.4, -0.2) is 42.9 Å². The molecule has 5 heteroatoms. The number of amides is 2. The molecule has 1 fully saturated rings. The summed E-state index contributed by atoms with van der Waals surface area (Å²) < 4.78 is 0. The maximum Gasteiger partial charge on any atom is 0.237 e. The third-order valence-electron chi connectivity index (χ3n) is 4.55. The summed E-state index contributed by atoms with van der Waals surface area (Å²) in [5, 5.41) is 5.44. The third kappa shape index (κ3) is 4.25. The lowest BCUT2D eigenvalue weighted by Gasteiger charge is -2.34. The van der Waals surface area contributed by atoms with E-state index in [1.165, 1.54) is 11.1 Å². The smallest absolute Gasteiger partial charge is 0.237 e. The second-order valence-corrected chi connectivity index (χ2v) is 6.22. The number of hydrogen-bond acceptors (Lipinski definition) is 3. The summed E-state index contributed by atoms with van der Waals surface area (Å²) in [5.41, 5.74) is 3.49. The molecule has 5 nitrogen and oxygen atoms in total. The number of benzene rings is 2. The Labute approximate surface area is 148 Å². The average Bonchev–Trinajstić information content (AvgIpc) is 2.65. The van der Waals surface area contributed by atoms with Crippen LogP contribution in [0.2, 0.25) is 0 Å². The fourth-order valence-corrected chi connectivity index (χ4v) is 3.12. The second-order valence-electron chi connectivity index (χ2n) is 6.22. The van der Waals surface area contributed by atoms with Crippen LogP contribution in [0, 0.1) is 0 Å². The van der Waals surface area contributed by atoms with Gasteiger partial charge >= 0.3 is 0 Å². The predicted molar refractivity (Wildman–Crippen MR) is 97.8 cm³/mol. The molecule has 0 unspecified atom stereocenters. The molecular weight excluding hydrogens is 314 g/mol. The molecule has 1 aliphatic rings. The highest BCUT2D eigenvalue weighted by Crippen LogP contribution is 2.21. The summed E-state index contributed by atoms with van der Waals surface area (Å²) in [4.78, 5) is 25.9. The number of carbonyl (C=O) groups excluding carboxylic acids is 2. The standard InChI is InChI=1S/C20H23N3O2/c1-21-19(24)13-18-20(25)22-11-12-23(18)14-15-7-9-17(10-8-15)16-5-3-2-4-6-16/h2-10,18H,11-14H2,1H3,(H,21,24)(H,22,25)/t18-/m1/s1. The molecule has 0 aliphatic carbocycles. The van der Waals surface area contributed by atoms with E-state index in [0.29, 0.717) is 13.1 Å². The molecule has 1 saturated heterocycles. The van der Waals surface area contributed by atoms with Crippen molar-refractivity contribution in [1.82, 2.24) is 15.5 Å². The molecule has 1 heterocycles. The molecule has 2 amide bonds. The minimum atomic E-state index is -0.414.